The minimum Gasteiger partial charge on any atom is -0.491 e. The Morgan fingerprint density at radius 2 is 2.14 bits per heavy atom. The van der Waals surface area contributed by atoms with Crippen molar-refractivity contribution in [2.45, 2.75) is 37.8 Å². The average molecular weight is 281 g/mol. The first kappa shape index (κ1) is 11.8. The molecule has 3 heterocycles. The summed E-state index contributed by atoms with van der Waals surface area (Å²) in [6, 6.07) is 8.76. The zero-order valence-corrected chi connectivity index (χ0v) is 12.0. The molecular weight excluding hydrogens is 262 g/mol. The normalized spacial score (nSPS) is 23.5. The number of hydrogen-bond acceptors (Lipinski definition) is 3. The fraction of sp³-hybridized carbons (Fsp3) is 0.471. The molecule has 4 nitrogen and oxygen atoms in total. The van der Waals surface area contributed by atoms with Crippen LogP contribution in [0.3, 0.4) is 0 Å². The summed E-state index contributed by atoms with van der Waals surface area (Å²) in [5.74, 6) is 3.01. The van der Waals surface area contributed by atoms with Crippen LogP contribution in [0.25, 0.3) is 0 Å². The van der Waals surface area contributed by atoms with Crippen molar-refractivity contribution in [3.8, 4) is 5.75 Å². The van der Waals surface area contributed by atoms with Gasteiger partial charge in [-0.05, 0) is 18.9 Å². The van der Waals surface area contributed by atoms with Gasteiger partial charge in [-0.3, -0.25) is 0 Å². The molecule has 1 aliphatic carbocycles. The van der Waals surface area contributed by atoms with Crippen LogP contribution in [0.15, 0.2) is 24.3 Å². The molecule has 1 saturated carbocycles. The number of ether oxygens (including phenoxy) is 1. The molecule has 4 heteroatoms. The predicted octanol–water partition coefficient (Wildman–Crippen LogP) is 2.39. The zero-order valence-electron chi connectivity index (χ0n) is 12.0. The molecule has 2 aromatic rings. The summed E-state index contributed by atoms with van der Waals surface area (Å²) >= 11 is 0. The van der Waals surface area contributed by atoms with Gasteiger partial charge in [0.2, 0.25) is 0 Å². The fourth-order valence-corrected chi connectivity index (χ4v) is 3.69. The fourth-order valence-electron chi connectivity index (χ4n) is 3.69. The van der Waals surface area contributed by atoms with Gasteiger partial charge in [0.15, 0.2) is 0 Å². The first-order valence-electron chi connectivity index (χ1n) is 7.94. The number of fused-ring (bicyclic) bond motifs is 2. The lowest BCUT2D eigenvalue weighted by Crippen LogP contribution is -2.26. The minimum atomic E-state index is 0.311. The predicted molar refractivity (Wildman–Crippen MR) is 79.7 cm³/mol. The molecule has 5 rings (SSSR count). The van der Waals surface area contributed by atoms with E-state index in [4.69, 9.17) is 9.72 Å². The lowest BCUT2D eigenvalue weighted by atomic mass is 10.1. The molecule has 21 heavy (non-hydrogen) atoms. The molecular formula is C17H19N3O. The van der Waals surface area contributed by atoms with Crippen LogP contribution in [0.1, 0.15) is 47.6 Å². The van der Waals surface area contributed by atoms with Crippen LogP contribution in [0, 0.1) is 0 Å². The standard InChI is InChI=1S/C17H19N3O/c1-2-4-16-12(3-1)15(10-21-16)20-14-7-8-18-9-13(14)19-17(20)11-5-6-11/h1-4,11,15,18H,5-10H2. The Morgan fingerprint density at radius 3 is 3.05 bits per heavy atom. The van der Waals surface area contributed by atoms with Crippen LogP contribution in [-0.2, 0) is 13.0 Å². The van der Waals surface area contributed by atoms with E-state index in [2.05, 4.69) is 34.1 Å². The van der Waals surface area contributed by atoms with Gasteiger partial charge in [0.25, 0.3) is 0 Å². The van der Waals surface area contributed by atoms with E-state index in [-0.39, 0.29) is 0 Å². The highest BCUT2D eigenvalue weighted by molar-refractivity contribution is 5.41. The molecule has 1 aromatic carbocycles. The summed E-state index contributed by atoms with van der Waals surface area (Å²) in [6.07, 6.45) is 3.66. The summed E-state index contributed by atoms with van der Waals surface area (Å²) in [5, 5.41) is 3.44. The Morgan fingerprint density at radius 1 is 1.24 bits per heavy atom. The monoisotopic (exact) mass is 281 g/mol. The van der Waals surface area contributed by atoms with Gasteiger partial charge in [-0.2, -0.15) is 0 Å². The highest BCUT2D eigenvalue weighted by Crippen LogP contribution is 2.44. The lowest BCUT2D eigenvalue weighted by molar-refractivity contribution is 0.311. The third-order valence-corrected chi connectivity index (χ3v) is 4.88. The van der Waals surface area contributed by atoms with Crippen LogP contribution in [0.5, 0.6) is 5.75 Å². The second-order valence-electron chi connectivity index (χ2n) is 6.30. The van der Waals surface area contributed by atoms with Gasteiger partial charge in [-0.25, -0.2) is 4.98 Å². The Bertz CT molecular complexity index is 702. The molecule has 0 amide bonds. The number of rotatable bonds is 2. The molecule has 1 fully saturated rings. The van der Waals surface area contributed by atoms with Crippen molar-refractivity contribution in [2.24, 2.45) is 0 Å². The second kappa shape index (κ2) is 4.34. The van der Waals surface area contributed by atoms with Crippen molar-refractivity contribution in [1.82, 2.24) is 14.9 Å². The highest BCUT2D eigenvalue weighted by atomic mass is 16.5. The summed E-state index contributed by atoms with van der Waals surface area (Å²) in [6.45, 7) is 2.71. The second-order valence-corrected chi connectivity index (χ2v) is 6.30. The van der Waals surface area contributed by atoms with Gasteiger partial charge in [0, 0.05) is 36.7 Å². The summed E-state index contributed by atoms with van der Waals surface area (Å²) < 4.78 is 8.43. The minimum absolute atomic E-state index is 0.311. The maximum absolute atomic E-state index is 5.92. The number of imidazole rings is 1. The molecule has 2 aliphatic heterocycles. The molecule has 1 atom stereocenters. The van der Waals surface area contributed by atoms with Gasteiger partial charge < -0.3 is 14.6 Å². The number of para-hydroxylation sites is 1. The summed E-state index contributed by atoms with van der Waals surface area (Å²) in [5.41, 5.74) is 4.01. The topological polar surface area (TPSA) is 39.1 Å². The molecule has 0 radical (unpaired) electrons. The SMILES string of the molecule is c1ccc2c(c1)OCC2n1c(C2CC2)nc2c1CCNC2. The number of nitrogens with zero attached hydrogens (tertiary/aromatic N) is 2. The van der Waals surface area contributed by atoms with Gasteiger partial charge in [0.1, 0.15) is 18.2 Å². The van der Waals surface area contributed by atoms with Crippen molar-refractivity contribution >= 4 is 0 Å². The molecule has 108 valence electrons. The lowest BCUT2D eigenvalue weighted by Gasteiger charge is -2.20. The van der Waals surface area contributed by atoms with Crippen LogP contribution >= 0.6 is 0 Å². The van der Waals surface area contributed by atoms with Gasteiger partial charge >= 0.3 is 0 Å². The first-order valence-corrected chi connectivity index (χ1v) is 7.94. The van der Waals surface area contributed by atoms with E-state index in [9.17, 15) is 0 Å². The Labute approximate surface area is 124 Å². The third kappa shape index (κ3) is 1.75. The number of aromatic nitrogens is 2. The zero-order chi connectivity index (χ0) is 13.8. The van der Waals surface area contributed by atoms with Gasteiger partial charge in [-0.15, -0.1) is 0 Å². The Kier molecular flexibility index (Phi) is 2.44. The number of hydrogen-bond donors (Lipinski definition) is 1. The van der Waals surface area contributed by atoms with Crippen molar-refractivity contribution in [1.29, 1.82) is 0 Å². The third-order valence-electron chi connectivity index (χ3n) is 4.88. The smallest absolute Gasteiger partial charge is 0.124 e. The molecule has 1 N–H and O–H groups in total. The first-order chi connectivity index (χ1) is 10.4. The van der Waals surface area contributed by atoms with E-state index in [1.807, 2.05) is 0 Å². The summed E-state index contributed by atoms with van der Waals surface area (Å²) in [7, 11) is 0. The van der Waals surface area contributed by atoms with Crippen molar-refractivity contribution in [2.75, 3.05) is 13.2 Å². The van der Waals surface area contributed by atoms with Crippen LogP contribution in [0.4, 0.5) is 0 Å². The Hall–Kier alpha value is -1.81. The molecule has 1 aromatic heterocycles. The van der Waals surface area contributed by atoms with E-state index in [1.165, 1.54) is 35.6 Å². The van der Waals surface area contributed by atoms with Crippen molar-refractivity contribution < 1.29 is 4.74 Å². The van der Waals surface area contributed by atoms with Crippen LogP contribution in [0.2, 0.25) is 0 Å². The van der Waals surface area contributed by atoms with Gasteiger partial charge in [-0.1, -0.05) is 18.2 Å². The molecule has 0 spiro atoms. The van der Waals surface area contributed by atoms with Gasteiger partial charge in [0.05, 0.1) is 11.7 Å². The van der Waals surface area contributed by atoms with Crippen LogP contribution < -0.4 is 10.1 Å². The molecule has 0 saturated heterocycles. The maximum atomic E-state index is 5.92. The number of benzene rings is 1. The van der Waals surface area contributed by atoms with E-state index in [0.717, 1.165) is 31.9 Å². The molecule has 1 unspecified atom stereocenters. The van der Waals surface area contributed by atoms with Crippen LogP contribution in [-0.4, -0.2) is 22.7 Å². The average Bonchev–Trinajstić information content (AvgIpc) is 3.18. The van der Waals surface area contributed by atoms with E-state index in [1.54, 1.807) is 0 Å². The summed E-state index contributed by atoms with van der Waals surface area (Å²) in [4.78, 5) is 4.98. The highest BCUT2D eigenvalue weighted by Gasteiger charge is 2.37. The maximum Gasteiger partial charge on any atom is 0.124 e. The molecule has 0 bridgehead atoms. The largest absolute Gasteiger partial charge is 0.491 e. The quantitative estimate of drug-likeness (QED) is 0.918. The van der Waals surface area contributed by atoms with Crippen molar-refractivity contribution in [3.63, 3.8) is 0 Å². The van der Waals surface area contributed by atoms with Crippen molar-refractivity contribution in [3.05, 3.63) is 47.0 Å². The molecule has 3 aliphatic rings. The van der Waals surface area contributed by atoms with E-state index in [0.29, 0.717) is 12.0 Å². The van der Waals surface area contributed by atoms with E-state index >= 15 is 0 Å². The Balaban J connectivity index is 1.67. The number of nitrogens with one attached hydrogen (secondary N) is 1. The van der Waals surface area contributed by atoms with E-state index < -0.39 is 0 Å².